The fourth-order valence-electron chi connectivity index (χ4n) is 4.71. The van der Waals surface area contributed by atoms with Gasteiger partial charge >= 0.3 is 0 Å². The van der Waals surface area contributed by atoms with E-state index < -0.39 is 11.7 Å². The molecule has 4 rings (SSSR count). The van der Waals surface area contributed by atoms with Crippen LogP contribution in [0.5, 0.6) is 0 Å². The molecule has 0 unspecified atom stereocenters. The molecule has 2 fully saturated rings. The van der Waals surface area contributed by atoms with Crippen LogP contribution < -0.4 is 5.32 Å². The molecule has 7 nitrogen and oxygen atoms in total. The van der Waals surface area contributed by atoms with Crippen LogP contribution in [0.2, 0.25) is 5.02 Å². The molecule has 0 bridgehead atoms. The molecule has 0 aliphatic carbocycles. The molecule has 0 spiro atoms. The molecule has 2 aliphatic rings. The summed E-state index contributed by atoms with van der Waals surface area (Å²) in [5, 5.41) is 12.3. The number of benzene rings is 2. The average Bonchev–Trinajstić information content (AvgIpc) is 3.36. The molecule has 2 atom stereocenters. The van der Waals surface area contributed by atoms with E-state index in [1.165, 1.54) is 6.07 Å². The van der Waals surface area contributed by atoms with Crippen molar-refractivity contribution in [3.8, 4) is 6.07 Å². The second-order valence-corrected chi connectivity index (χ2v) is 9.59. The van der Waals surface area contributed by atoms with Crippen molar-refractivity contribution in [1.82, 2.24) is 9.80 Å². The van der Waals surface area contributed by atoms with Gasteiger partial charge < -0.3 is 15.0 Å². The third kappa shape index (κ3) is 5.81. The van der Waals surface area contributed by atoms with Gasteiger partial charge in [0.1, 0.15) is 11.9 Å². The van der Waals surface area contributed by atoms with Gasteiger partial charge in [-0.15, -0.1) is 0 Å². The highest BCUT2D eigenvalue weighted by Crippen LogP contribution is 2.28. The maximum Gasteiger partial charge on any atom is 0.255 e. The van der Waals surface area contributed by atoms with Gasteiger partial charge in [0.2, 0.25) is 0 Å². The highest BCUT2D eigenvalue weighted by atomic mass is 35.5. The number of amides is 2. The minimum Gasteiger partial charge on any atom is -0.368 e. The summed E-state index contributed by atoms with van der Waals surface area (Å²) in [6.07, 6.45) is 1.40. The third-order valence-electron chi connectivity index (χ3n) is 6.61. The summed E-state index contributed by atoms with van der Waals surface area (Å²) in [6, 6.07) is 8.95. The first kappa shape index (κ1) is 25.1. The molecule has 1 N–H and O–H groups in total. The SMILES string of the molecule is Cc1c(CN2CCN(C(=O)[C@@H]3CCCO3)[C@@H](C)C2)cc(Cl)cc1NC(=O)c1cc(F)cc(C#N)c1. The van der Waals surface area contributed by atoms with Crippen LogP contribution in [0.1, 0.15) is 46.8 Å². The summed E-state index contributed by atoms with van der Waals surface area (Å²) < 4.78 is 19.4. The summed E-state index contributed by atoms with van der Waals surface area (Å²) >= 11 is 6.37. The van der Waals surface area contributed by atoms with E-state index in [-0.39, 0.29) is 29.2 Å². The molecule has 2 aromatic rings. The highest BCUT2D eigenvalue weighted by Gasteiger charge is 2.34. The van der Waals surface area contributed by atoms with Gasteiger partial charge in [-0.3, -0.25) is 14.5 Å². The normalized spacial score (nSPS) is 20.5. The van der Waals surface area contributed by atoms with Crippen molar-refractivity contribution >= 4 is 29.1 Å². The van der Waals surface area contributed by atoms with Crippen LogP contribution in [0.15, 0.2) is 30.3 Å². The molecular weight excluding hydrogens is 471 g/mol. The van der Waals surface area contributed by atoms with Gasteiger partial charge in [0.05, 0.1) is 11.6 Å². The average molecular weight is 499 g/mol. The molecule has 184 valence electrons. The lowest BCUT2D eigenvalue weighted by molar-refractivity contribution is -0.145. The zero-order valence-electron chi connectivity index (χ0n) is 19.8. The summed E-state index contributed by atoms with van der Waals surface area (Å²) in [5.74, 6) is -1.09. The molecule has 2 amide bonds. The molecule has 0 saturated carbocycles. The number of anilines is 1. The van der Waals surface area contributed by atoms with Crippen molar-refractivity contribution in [3.05, 3.63) is 63.4 Å². The number of nitrogens with one attached hydrogen (secondary N) is 1. The lowest BCUT2D eigenvalue weighted by atomic mass is 10.0. The fraction of sp³-hybridized carbons (Fsp3) is 0.423. The first-order chi connectivity index (χ1) is 16.7. The summed E-state index contributed by atoms with van der Waals surface area (Å²) in [6.45, 7) is 7.27. The predicted octanol–water partition coefficient (Wildman–Crippen LogP) is 4.12. The Hall–Kier alpha value is -2.99. The Kier molecular flexibility index (Phi) is 7.70. The van der Waals surface area contributed by atoms with Crippen LogP contribution in [0.4, 0.5) is 10.1 Å². The number of rotatable bonds is 5. The Morgan fingerprint density at radius 3 is 2.74 bits per heavy atom. The van der Waals surface area contributed by atoms with E-state index in [1.807, 2.05) is 30.9 Å². The standard InChI is InChI=1S/C26H28ClFN4O3/c1-16-14-31(5-6-32(16)26(34)24-4-3-7-35-24)15-20-10-21(27)12-23(17(20)2)30-25(33)19-8-18(13-29)9-22(28)11-19/h8-12,16,24H,3-7,14-15H2,1-2H3,(H,30,33)/t16-,24-/m0/s1. The molecule has 2 heterocycles. The predicted molar refractivity (Wildman–Crippen MR) is 131 cm³/mol. The van der Waals surface area contributed by atoms with Crippen LogP contribution in [-0.4, -0.2) is 60.0 Å². The van der Waals surface area contributed by atoms with Gasteiger partial charge in [-0.2, -0.15) is 5.26 Å². The van der Waals surface area contributed by atoms with Crippen LogP contribution >= 0.6 is 11.6 Å². The van der Waals surface area contributed by atoms with Gasteiger partial charge in [0, 0.05) is 55.1 Å². The summed E-state index contributed by atoms with van der Waals surface area (Å²) in [4.78, 5) is 29.7. The molecule has 0 aromatic heterocycles. The smallest absolute Gasteiger partial charge is 0.255 e. The van der Waals surface area contributed by atoms with E-state index in [9.17, 15) is 14.0 Å². The number of nitrogens with zero attached hydrogens (tertiary/aromatic N) is 3. The number of nitriles is 1. The zero-order valence-corrected chi connectivity index (χ0v) is 20.6. The molecule has 2 aromatic carbocycles. The van der Waals surface area contributed by atoms with E-state index in [4.69, 9.17) is 21.6 Å². The number of hydrogen-bond donors (Lipinski definition) is 1. The van der Waals surface area contributed by atoms with Crippen LogP contribution in [0.3, 0.4) is 0 Å². The fourth-order valence-corrected chi connectivity index (χ4v) is 4.95. The van der Waals surface area contributed by atoms with E-state index in [0.717, 1.165) is 42.6 Å². The van der Waals surface area contributed by atoms with Crippen molar-refractivity contribution in [2.45, 2.75) is 45.4 Å². The minimum absolute atomic E-state index is 0.0569. The van der Waals surface area contributed by atoms with Crippen molar-refractivity contribution in [2.75, 3.05) is 31.6 Å². The quantitative estimate of drug-likeness (QED) is 0.670. The van der Waals surface area contributed by atoms with Crippen LogP contribution in [-0.2, 0) is 16.1 Å². The first-order valence-corrected chi connectivity index (χ1v) is 12.1. The lowest BCUT2D eigenvalue weighted by Gasteiger charge is -2.41. The van der Waals surface area contributed by atoms with Crippen molar-refractivity contribution < 1.29 is 18.7 Å². The maximum absolute atomic E-state index is 13.8. The second-order valence-electron chi connectivity index (χ2n) is 9.15. The lowest BCUT2D eigenvalue weighted by Crippen LogP contribution is -2.55. The molecule has 0 radical (unpaired) electrons. The molecular formula is C26H28ClFN4O3. The van der Waals surface area contributed by atoms with E-state index >= 15 is 0 Å². The molecule has 35 heavy (non-hydrogen) atoms. The summed E-state index contributed by atoms with van der Waals surface area (Å²) in [5.41, 5.74) is 2.47. The minimum atomic E-state index is -0.649. The molecule has 2 saturated heterocycles. The Bertz CT molecular complexity index is 1180. The Balaban J connectivity index is 1.45. The van der Waals surface area contributed by atoms with Gasteiger partial charge in [-0.25, -0.2) is 4.39 Å². The van der Waals surface area contributed by atoms with Crippen molar-refractivity contribution in [2.24, 2.45) is 0 Å². The number of piperazine rings is 1. The third-order valence-corrected chi connectivity index (χ3v) is 6.83. The number of carbonyl (C=O) groups is 2. The maximum atomic E-state index is 13.8. The molecule has 9 heteroatoms. The number of ether oxygens (including phenoxy) is 1. The second kappa shape index (κ2) is 10.7. The largest absolute Gasteiger partial charge is 0.368 e. The Morgan fingerprint density at radius 1 is 1.26 bits per heavy atom. The first-order valence-electron chi connectivity index (χ1n) is 11.7. The summed E-state index contributed by atoms with van der Waals surface area (Å²) in [7, 11) is 0. The van der Waals surface area contributed by atoms with Crippen molar-refractivity contribution in [1.29, 1.82) is 5.26 Å². The number of carbonyl (C=O) groups excluding carboxylic acids is 2. The topological polar surface area (TPSA) is 85.7 Å². The van der Waals surface area contributed by atoms with Gasteiger partial charge in [0.25, 0.3) is 11.8 Å². The zero-order chi connectivity index (χ0) is 25.1. The Morgan fingerprint density at radius 2 is 2.06 bits per heavy atom. The molecule has 2 aliphatic heterocycles. The van der Waals surface area contributed by atoms with E-state index in [0.29, 0.717) is 37.0 Å². The number of hydrogen-bond acceptors (Lipinski definition) is 5. The van der Waals surface area contributed by atoms with E-state index in [2.05, 4.69) is 10.2 Å². The van der Waals surface area contributed by atoms with Crippen LogP contribution in [0, 0.1) is 24.1 Å². The van der Waals surface area contributed by atoms with Gasteiger partial charge in [-0.05, 0) is 68.1 Å². The van der Waals surface area contributed by atoms with Gasteiger partial charge in [0.15, 0.2) is 0 Å². The van der Waals surface area contributed by atoms with Crippen LogP contribution in [0.25, 0.3) is 0 Å². The Labute approximate surface area is 209 Å². The van der Waals surface area contributed by atoms with Crippen molar-refractivity contribution in [3.63, 3.8) is 0 Å². The highest BCUT2D eigenvalue weighted by molar-refractivity contribution is 6.31. The monoisotopic (exact) mass is 498 g/mol. The van der Waals surface area contributed by atoms with E-state index in [1.54, 1.807) is 6.07 Å². The van der Waals surface area contributed by atoms with Gasteiger partial charge in [-0.1, -0.05) is 11.6 Å². The number of halogens is 2.